The lowest BCUT2D eigenvalue weighted by molar-refractivity contribution is 1.10. The van der Waals surface area contributed by atoms with E-state index in [1.807, 2.05) is 24.7 Å². The van der Waals surface area contributed by atoms with Crippen molar-refractivity contribution >= 4 is 33.3 Å². The summed E-state index contributed by atoms with van der Waals surface area (Å²) < 4.78 is 0. The minimum absolute atomic E-state index is 0.674. The summed E-state index contributed by atoms with van der Waals surface area (Å²) in [6.45, 7) is 0. The number of benzene rings is 7. The number of nitrogens with zero attached hydrogens (tertiary/aromatic N) is 4. The largest absolute Gasteiger partial charge is 0.269 e. The number of rotatable bonds is 7. The summed E-state index contributed by atoms with van der Waals surface area (Å²) in [4.78, 5) is 19.4. The molecule has 0 fully saturated rings. The van der Waals surface area contributed by atoms with Crippen molar-refractivity contribution in [2.45, 2.75) is 12.8 Å². The van der Waals surface area contributed by atoms with E-state index in [1.165, 1.54) is 49.4 Å². The van der Waals surface area contributed by atoms with E-state index in [0.717, 1.165) is 57.6 Å². The van der Waals surface area contributed by atoms with Gasteiger partial charge in [0.25, 0.3) is 0 Å². The summed E-state index contributed by atoms with van der Waals surface area (Å²) in [6.07, 6.45) is 9.58. The minimum Gasteiger partial charge on any atom is -0.269 e. The second-order valence-corrected chi connectivity index (χ2v) is 14.2. The molecule has 0 atom stereocenters. The molecule has 4 nitrogen and oxygen atoms in total. The average molecular weight is 717 g/mol. The maximum Gasteiger partial charge on any atom is 0.160 e. The molecule has 2 aromatic heterocycles. The fourth-order valence-electron chi connectivity index (χ4n) is 8.03. The van der Waals surface area contributed by atoms with E-state index >= 15 is 0 Å². The van der Waals surface area contributed by atoms with Crippen LogP contribution in [0.5, 0.6) is 0 Å². The summed E-state index contributed by atoms with van der Waals surface area (Å²) in [5.41, 5.74) is 14.1. The molecule has 264 valence electrons. The number of fused-ring (bicyclic) bond motifs is 2. The topological polar surface area (TPSA) is 51.0 Å². The van der Waals surface area contributed by atoms with E-state index in [-0.39, 0.29) is 0 Å². The van der Waals surface area contributed by atoms with Crippen molar-refractivity contribution in [3.05, 3.63) is 194 Å². The van der Waals surface area contributed by atoms with Crippen LogP contribution < -0.4 is 0 Å². The Morgan fingerprint density at radius 2 is 0.911 bits per heavy atom. The zero-order valence-electron chi connectivity index (χ0n) is 30.7. The predicted octanol–water partition coefficient (Wildman–Crippen LogP) is 13.4. The van der Waals surface area contributed by atoms with Gasteiger partial charge >= 0.3 is 0 Å². The van der Waals surface area contributed by atoms with Gasteiger partial charge in [-0.25, -0.2) is 9.97 Å². The van der Waals surface area contributed by atoms with E-state index in [1.54, 1.807) is 6.20 Å². The molecular formula is C52H36N4. The van der Waals surface area contributed by atoms with Crippen molar-refractivity contribution < 1.29 is 0 Å². The van der Waals surface area contributed by atoms with Gasteiger partial charge in [-0.15, -0.1) is 0 Å². The molecule has 56 heavy (non-hydrogen) atoms. The standard InChI is InChI=1S/C52H36N4/c1-2-13-35(14-3-1)50-44-23-4-6-25-46(44)51(47-26-7-5-24-45(47)50)40-19-10-20-41(31-40)52-55-48(38-17-8-15-36(29-38)42-21-11-27-53-33-42)32-49(56-52)39-18-9-16-37(30-39)43-22-12-28-54-34-43/h1-11,13-21,23-34H,12,22H2. The first-order valence-electron chi connectivity index (χ1n) is 19.1. The molecule has 7 aromatic carbocycles. The number of allylic oxidation sites excluding steroid dienone is 1. The van der Waals surface area contributed by atoms with Gasteiger partial charge < -0.3 is 0 Å². The Hall–Kier alpha value is -7.30. The van der Waals surface area contributed by atoms with Crippen LogP contribution in [0.15, 0.2) is 193 Å². The fourth-order valence-corrected chi connectivity index (χ4v) is 8.03. The predicted molar refractivity (Wildman–Crippen MR) is 233 cm³/mol. The van der Waals surface area contributed by atoms with Gasteiger partial charge in [0.1, 0.15) is 0 Å². The Morgan fingerprint density at radius 3 is 1.54 bits per heavy atom. The monoisotopic (exact) mass is 716 g/mol. The summed E-state index contributed by atoms with van der Waals surface area (Å²) >= 11 is 0. The molecule has 4 heteroatoms. The molecule has 3 heterocycles. The molecule has 9 aromatic rings. The Morgan fingerprint density at radius 1 is 0.393 bits per heavy atom. The van der Waals surface area contributed by atoms with Gasteiger partial charge in [0, 0.05) is 47.1 Å². The highest BCUT2D eigenvalue weighted by molar-refractivity contribution is 6.21. The first-order valence-corrected chi connectivity index (χ1v) is 19.1. The maximum atomic E-state index is 5.31. The third-order valence-corrected chi connectivity index (χ3v) is 10.7. The number of pyridine rings is 1. The summed E-state index contributed by atoms with van der Waals surface area (Å²) in [7, 11) is 0. The Balaban J connectivity index is 1.16. The summed E-state index contributed by atoms with van der Waals surface area (Å²) in [5.74, 6) is 0.674. The van der Waals surface area contributed by atoms with E-state index < -0.39 is 0 Å². The molecule has 1 aliphatic rings. The van der Waals surface area contributed by atoms with Crippen molar-refractivity contribution in [3.8, 4) is 67.3 Å². The molecule has 10 rings (SSSR count). The average Bonchev–Trinajstić information content (AvgIpc) is 3.29. The van der Waals surface area contributed by atoms with Crippen LogP contribution in [-0.4, -0.2) is 21.2 Å². The third-order valence-electron chi connectivity index (χ3n) is 10.7. The smallest absolute Gasteiger partial charge is 0.160 e. The SMILES string of the molecule is C1=NC=C(c2cccc(-c3cc(-c4cccc(-c5cccnc5)c4)nc(-c4cccc(-c5c6ccccc6c(-c6ccccc6)c6ccccc56)c4)n3)c2)CC1. The highest BCUT2D eigenvalue weighted by Gasteiger charge is 2.18. The quantitative estimate of drug-likeness (QED) is 0.154. The van der Waals surface area contributed by atoms with Crippen LogP contribution in [0.1, 0.15) is 18.4 Å². The van der Waals surface area contributed by atoms with Crippen LogP contribution in [0.25, 0.3) is 94.4 Å². The van der Waals surface area contributed by atoms with Crippen molar-refractivity contribution in [2.24, 2.45) is 4.99 Å². The van der Waals surface area contributed by atoms with Gasteiger partial charge in [0.2, 0.25) is 0 Å². The molecule has 0 unspecified atom stereocenters. The number of aliphatic imine (C=N–C) groups is 1. The molecule has 0 bridgehead atoms. The van der Waals surface area contributed by atoms with Crippen molar-refractivity contribution in [1.82, 2.24) is 15.0 Å². The van der Waals surface area contributed by atoms with Crippen LogP contribution in [0.3, 0.4) is 0 Å². The highest BCUT2D eigenvalue weighted by Crippen LogP contribution is 2.44. The van der Waals surface area contributed by atoms with Gasteiger partial charge in [0.15, 0.2) is 5.82 Å². The molecule has 0 saturated carbocycles. The molecule has 0 amide bonds. The second-order valence-electron chi connectivity index (χ2n) is 14.2. The zero-order valence-corrected chi connectivity index (χ0v) is 30.7. The Kier molecular flexibility index (Phi) is 8.62. The zero-order chi connectivity index (χ0) is 37.3. The van der Waals surface area contributed by atoms with E-state index in [4.69, 9.17) is 9.97 Å². The summed E-state index contributed by atoms with van der Waals surface area (Å²) in [6, 6.07) is 60.4. The van der Waals surface area contributed by atoms with Crippen molar-refractivity contribution in [1.29, 1.82) is 0 Å². The van der Waals surface area contributed by atoms with Gasteiger partial charge in [-0.2, -0.15) is 0 Å². The molecule has 0 aliphatic carbocycles. The van der Waals surface area contributed by atoms with Crippen LogP contribution in [0, 0.1) is 0 Å². The molecule has 0 spiro atoms. The fraction of sp³-hybridized carbons (Fsp3) is 0.0385. The van der Waals surface area contributed by atoms with E-state index in [2.05, 4.69) is 174 Å². The van der Waals surface area contributed by atoms with Crippen molar-refractivity contribution in [2.75, 3.05) is 0 Å². The molecule has 1 aliphatic heterocycles. The van der Waals surface area contributed by atoms with E-state index in [9.17, 15) is 0 Å². The van der Waals surface area contributed by atoms with Gasteiger partial charge in [-0.1, -0.05) is 140 Å². The van der Waals surface area contributed by atoms with Crippen LogP contribution in [0.2, 0.25) is 0 Å². The van der Waals surface area contributed by atoms with Crippen LogP contribution in [0.4, 0.5) is 0 Å². The molecule has 0 saturated heterocycles. The molecule has 0 radical (unpaired) electrons. The Labute approximate surface area is 326 Å². The first kappa shape index (κ1) is 33.3. The van der Waals surface area contributed by atoms with Gasteiger partial charge in [-0.05, 0) is 104 Å². The second kappa shape index (κ2) is 14.5. The van der Waals surface area contributed by atoms with Gasteiger partial charge in [0.05, 0.1) is 11.4 Å². The van der Waals surface area contributed by atoms with E-state index in [0.29, 0.717) is 5.82 Å². The first-order chi connectivity index (χ1) is 27.8. The molecular weight excluding hydrogens is 681 g/mol. The van der Waals surface area contributed by atoms with Crippen LogP contribution >= 0.6 is 0 Å². The minimum atomic E-state index is 0.674. The van der Waals surface area contributed by atoms with Crippen molar-refractivity contribution in [3.63, 3.8) is 0 Å². The lowest BCUT2D eigenvalue weighted by Crippen LogP contribution is -1.97. The Bertz CT molecular complexity index is 2910. The lowest BCUT2D eigenvalue weighted by Gasteiger charge is -2.18. The number of aromatic nitrogens is 3. The van der Waals surface area contributed by atoms with Crippen LogP contribution in [-0.2, 0) is 0 Å². The lowest BCUT2D eigenvalue weighted by atomic mass is 9.85. The molecule has 0 N–H and O–H groups in total. The maximum absolute atomic E-state index is 5.31. The van der Waals surface area contributed by atoms with Gasteiger partial charge in [-0.3, -0.25) is 9.98 Å². The third kappa shape index (κ3) is 6.27. The number of hydrogen-bond donors (Lipinski definition) is 0. The highest BCUT2D eigenvalue weighted by atomic mass is 14.9. The summed E-state index contributed by atoms with van der Waals surface area (Å²) in [5, 5.41) is 4.88. The number of hydrogen-bond acceptors (Lipinski definition) is 4. The normalized spacial score (nSPS) is 12.5.